The van der Waals surface area contributed by atoms with Crippen LogP contribution < -0.4 is 0 Å². The zero-order chi connectivity index (χ0) is 13.1. The van der Waals surface area contributed by atoms with Gasteiger partial charge in [-0.25, -0.2) is 0 Å². The second-order valence-corrected chi connectivity index (χ2v) is 4.00. The Balaban J connectivity index is 3.54. The maximum atomic E-state index is 11.4. The van der Waals surface area contributed by atoms with Crippen LogP contribution in [0.3, 0.4) is 0 Å². The second kappa shape index (κ2) is 10.3. The molecule has 0 rings (SSSR count). The Morgan fingerprint density at radius 1 is 1.06 bits per heavy atom. The number of esters is 1. The van der Waals surface area contributed by atoms with E-state index in [0.717, 1.165) is 32.5 Å². The molecule has 0 aliphatic heterocycles. The second-order valence-electron chi connectivity index (χ2n) is 4.00. The number of ether oxygens (including phenoxy) is 1. The van der Waals surface area contributed by atoms with Gasteiger partial charge in [0.15, 0.2) is 0 Å². The summed E-state index contributed by atoms with van der Waals surface area (Å²) in [6.45, 7) is 9.48. The van der Waals surface area contributed by atoms with Gasteiger partial charge in [-0.15, -0.1) is 0 Å². The van der Waals surface area contributed by atoms with Gasteiger partial charge in [0, 0.05) is 6.42 Å². The van der Waals surface area contributed by atoms with Crippen molar-refractivity contribution in [3.63, 3.8) is 0 Å². The molecule has 0 amide bonds. The molecule has 0 atom stereocenters. The van der Waals surface area contributed by atoms with Crippen LogP contribution in [0.25, 0.3) is 0 Å². The lowest BCUT2D eigenvalue weighted by molar-refractivity contribution is -0.145. The van der Waals surface area contributed by atoms with E-state index in [1.54, 1.807) is 6.92 Å². The molecule has 0 saturated carbocycles. The fourth-order valence-electron chi connectivity index (χ4n) is 1.66. The van der Waals surface area contributed by atoms with Gasteiger partial charge in [-0.05, 0) is 39.4 Å². The van der Waals surface area contributed by atoms with E-state index in [9.17, 15) is 9.59 Å². The first-order chi connectivity index (χ1) is 8.13. The Kier molecular flexibility index (Phi) is 9.72. The lowest BCUT2D eigenvalue weighted by atomic mass is 10.1. The van der Waals surface area contributed by atoms with E-state index in [1.165, 1.54) is 0 Å². The first kappa shape index (κ1) is 16.1. The summed E-state index contributed by atoms with van der Waals surface area (Å²) < 4.78 is 4.72. The Morgan fingerprint density at radius 3 is 2.24 bits per heavy atom. The molecule has 0 N–H and O–H groups in total. The van der Waals surface area contributed by atoms with E-state index >= 15 is 0 Å². The maximum Gasteiger partial charge on any atom is 0.313 e. The van der Waals surface area contributed by atoms with Crippen LogP contribution >= 0.6 is 0 Å². The molecule has 0 bridgehead atoms. The van der Waals surface area contributed by atoms with E-state index in [1.807, 2.05) is 0 Å². The zero-order valence-electron chi connectivity index (χ0n) is 11.3. The van der Waals surface area contributed by atoms with Crippen molar-refractivity contribution in [3.8, 4) is 0 Å². The molecule has 0 fully saturated rings. The minimum absolute atomic E-state index is 0.0111. The number of carbonyl (C=O) groups excluding carboxylic acids is 2. The Bertz CT molecular complexity index is 225. The van der Waals surface area contributed by atoms with Crippen molar-refractivity contribution >= 4 is 11.8 Å². The van der Waals surface area contributed by atoms with Crippen molar-refractivity contribution in [2.75, 3.05) is 26.2 Å². The van der Waals surface area contributed by atoms with Crippen LogP contribution in [0.4, 0.5) is 0 Å². The highest BCUT2D eigenvalue weighted by Gasteiger charge is 2.09. The monoisotopic (exact) mass is 243 g/mol. The summed E-state index contributed by atoms with van der Waals surface area (Å²) in [5.41, 5.74) is 0. The van der Waals surface area contributed by atoms with Gasteiger partial charge in [-0.1, -0.05) is 13.8 Å². The third-order valence-electron chi connectivity index (χ3n) is 2.72. The molecule has 100 valence electrons. The van der Waals surface area contributed by atoms with Gasteiger partial charge in [-0.3, -0.25) is 9.59 Å². The molecule has 0 saturated heterocycles. The van der Waals surface area contributed by atoms with Crippen molar-refractivity contribution in [2.45, 2.75) is 46.5 Å². The highest BCUT2D eigenvalue weighted by molar-refractivity contribution is 5.95. The van der Waals surface area contributed by atoms with Crippen LogP contribution in [0.2, 0.25) is 0 Å². The summed E-state index contributed by atoms with van der Waals surface area (Å²) in [7, 11) is 0. The molecule has 4 heteroatoms. The number of unbranched alkanes of at least 4 members (excludes halogenated alkanes) is 1. The number of hydrogen-bond donors (Lipinski definition) is 0. The first-order valence-electron chi connectivity index (χ1n) is 6.53. The number of Topliss-reactive ketones (excluding diaryl/α,β-unsaturated/α-hetero) is 1. The lowest BCUT2D eigenvalue weighted by Crippen LogP contribution is -2.24. The van der Waals surface area contributed by atoms with E-state index in [0.29, 0.717) is 13.0 Å². The van der Waals surface area contributed by atoms with Gasteiger partial charge in [-0.2, -0.15) is 0 Å². The van der Waals surface area contributed by atoms with Crippen molar-refractivity contribution in [2.24, 2.45) is 0 Å². The van der Waals surface area contributed by atoms with Crippen LogP contribution in [0.1, 0.15) is 46.5 Å². The maximum absolute atomic E-state index is 11.4. The van der Waals surface area contributed by atoms with E-state index in [2.05, 4.69) is 18.7 Å². The average Bonchev–Trinajstić information content (AvgIpc) is 2.29. The number of nitrogens with zero attached hydrogens (tertiary/aromatic N) is 1. The minimum atomic E-state index is -0.402. The normalized spacial score (nSPS) is 10.6. The van der Waals surface area contributed by atoms with E-state index in [-0.39, 0.29) is 12.2 Å². The standard InChI is InChI=1S/C13H25NO3/c1-4-14(5-2)10-8-7-9-12(15)11-13(16)17-6-3/h4-11H2,1-3H3. The van der Waals surface area contributed by atoms with Gasteiger partial charge in [0.2, 0.25) is 0 Å². The van der Waals surface area contributed by atoms with Gasteiger partial charge >= 0.3 is 5.97 Å². The van der Waals surface area contributed by atoms with Gasteiger partial charge in [0.1, 0.15) is 12.2 Å². The number of carbonyl (C=O) groups is 2. The third kappa shape index (κ3) is 8.86. The van der Waals surface area contributed by atoms with Crippen molar-refractivity contribution < 1.29 is 14.3 Å². The Hall–Kier alpha value is -0.900. The summed E-state index contributed by atoms with van der Waals surface area (Å²) in [6.07, 6.45) is 2.28. The molecule has 0 unspecified atom stereocenters. The van der Waals surface area contributed by atoms with Crippen LogP contribution in [-0.4, -0.2) is 42.9 Å². The smallest absolute Gasteiger partial charge is 0.313 e. The largest absolute Gasteiger partial charge is 0.466 e. The SMILES string of the molecule is CCOC(=O)CC(=O)CCCCN(CC)CC. The molecule has 0 aromatic rings. The van der Waals surface area contributed by atoms with Crippen molar-refractivity contribution in [1.29, 1.82) is 0 Å². The van der Waals surface area contributed by atoms with Crippen molar-refractivity contribution in [3.05, 3.63) is 0 Å². The molecule has 17 heavy (non-hydrogen) atoms. The molecule has 0 spiro atoms. The van der Waals surface area contributed by atoms with E-state index in [4.69, 9.17) is 4.74 Å². The van der Waals surface area contributed by atoms with Crippen LogP contribution in [-0.2, 0) is 14.3 Å². The first-order valence-corrected chi connectivity index (χ1v) is 6.53. The molecular weight excluding hydrogens is 218 g/mol. The number of hydrogen-bond acceptors (Lipinski definition) is 4. The fraction of sp³-hybridized carbons (Fsp3) is 0.846. The van der Waals surface area contributed by atoms with Crippen LogP contribution in [0.15, 0.2) is 0 Å². The molecule has 0 radical (unpaired) electrons. The zero-order valence-corrected chi connectivity index (χ0v) is 11.3. The molecule has 4 nitrogen and oxygen atoms in total. The third-order valence-corrected chi connectivity index (χ3v) is 2.72. The quantitative estimate of drug-likeness (QED) is 0.334. The molecular formula is C13H25NO3. The van der Waals surface area contributed by atoms with Gasteiger partial charge in [0.25, 0.3) is 0 Å². The lowest BCUT2D eigenvalue weighted by Gasteiger charge is -2.17. The highest BCUT2D eigenvalue weighted by Crippen LogP contribution is 2.02. The van der Waals surface area contributed by atoms with Gasteiger partial charge < -0.3 is 9.64 Å². The van der Waals surface area contributed by atoms with Gasteiger partial charge in [0.05, 0.1) is 6.61 Å². The van der Waals surface area contributed by atoms with Crippen LogP contribution in [0.5, 0.6) is 0 Å². The molecule has 0 aromatic heterocycles. The molecule has 0 aliphatic carbocycles. The fourth-order valence-corrected chi connectivity index (χ4v) is 1.66. The summed E-state index contributed by atoms with van der Waals surface area (Å²) in [5, 5.41) is 0. The number of ketones is 1. The minimum Gasteiger partial charge on any atom is -0.466 e. The van der Waals surface area contributed by atoms with Crippen molar-refractivity contribution in [1.82, 2.24) is 4.90 Å². The molecule has 0 aliphatic rings. The molecule has 0 heterocycles. The Morgan fingerprint density at radius 2 is 1.71 bits per heavy atom. The average molecular weight is 243 g/mol. The highest BCUT2D eigenvalue weighted by atomic mass is 16.5. The summed E-state index contributed by atoms with van der Waals surface area (Å²) in [5.74, 6) is -0.413. The number of rotatable bonds is 10. The topological polar surface area (TPSA) is 46.6 Å². The van der Waals surface area contributed by atoms with Crippen LogP contribution in [0, 0.1) is 0 Å². The summed E-state index contributed by atoms with van der Waals surface area (Å²) >= 11 is 0. The summed E-state index contributed by atoms with van der Waals surface area (Å²) in [6, 6.07) is 0. The Labute approximate surface area is 104 Å². The summed E-state index contributed by atoms with van der Waals surface area (Å²) in [4.78, 5) is 24.8. The predicted molar refractivity (Wildman–Crippen MR) is 67.9 cm³/mol. The molecule has 0 aromatic carbocycles. The predicted octanol–water partition coefficient (Wildman–Crippen LogP) is 2.02. The van der Waals surface area contributed by atoms with E-state index < -0.39 is 5.97 Å².